The lowest BCUT2D eigenvalue weighted by atomic mass is 9.83. The van der Waals surface area contributed by atoms with Gasteiger partial charge in [0.2, 0.25) is 0 Å². The fraction of sp³-hybridized carbons (Fsp3) is 0.364. The SMILES string of the molecule is CC/C(C)=C/CC/C(C)=C/CC1=C(C)C(=O)c2ccccc2C1=O. The van der Waals surface area contributed by atoms with E-state index in [1.807, 2.05) is 6.07 Å². The molecule has 2 heteroatoms. The van der Waals surface area contributed by atoms with Gasteiger partial charge in [0.05, 0.1) is 0 Å². The van der Waals surface area contributed by atoms with Gasteiger partial charge < -0.3 is 0 Å². The molecule has 0 bridgehead atoms. The maximum atomic E-state index is 12.7. The second kappa shape index (κ2) is 8.05. The van der Waals surface area contributed by atoms with Crippen molar-refractivity contribution in [2.45, 2.75) is 53.4 Å². The smallest absolute Gasteiger partial charge is 0.190 e. The maximum Gasteiger partial charge on any atom is 0.190 e. The minimum atomic E-state index is -0.0206. The summed E-state index contributed by atoms with van der Waals surface area (Å²) in [4.78, 5) is 25.1. The summed E-state index contributed by atoms with van der Waals surface area (Å²) in [6.07, 6.45) is 8.00. The highest BCUT2D eigenvalue weighted by Crippen LogP contribution is 2.28. The fourth-order valence-corrected chi connectivity index (χ4v) is 2.87. The molecule has 0 saturated heterocycles. The van der Waals surface area contributed by atoms with E-state index in [0.29, 0.717) is 28.7 Å². The highest BCUT2D eigenvalue weighted by molar-refractivity contribution is 6.26. The highest BCUT2D eigenvalue weighted by atomic mass is 16.1. The molecule has 0 heterocycles. The van der Waals surface area contributed by atoms with E-state index in [4.69, 9.17) is 0 Å². The molecule has 24 heavy (non-hydrogen) atoms. The fourth-order valence-electron chi connectivity index (χ4n) is 2.87. The average Bonchev–Trinajstić information content (AvgIpc) is 2.59. The predicted octanol–water partition coefficient (Wildman–Crippen LogP) is 5.86. The Balaban J connectivity index is 2.12. The van der Waals surface area contributed by atoms with Crippen LogP contribution < -0.4 is 0 Å². The molecule has 0 N–H and O–H groups in total. The standard InChI is InChI=1S/C22H26O2/c1-5-15(2)9-8-10-16(3)13-14-18-17(4)21(23)19-11-6-7-12-20(19)22(18)24/h6-7,9,11-13H,5,8,10,14H2,1-4H3/b15-9+,16-13+. The van der Waals surface area contributed by atoms with E-state index in [1.165, 1.54) is 11.1 Å². The van der Waals surface area contributed by atoms with Crippen molar-refractivity contribution in [2.75, 3.05) is 0 Å². The molecule has 0 spiro atoms. The molecular formula is C22H26O2. The summed E-state index contributed by atoms with van der Waals surface area (Å²) in [5.74, 6) is -0.0266. The van der Waals surface area contributed by atoms with Crippen molar-refractivity contribution in [1.82, 2.24) is 0 Å². The Bertz CT molecular complexity index is 745. The summed E-state index contributed by atoms with van der Waals surface area (Å²) in [5.41, 5.74) is 4.96. The van der Waals surface area contributed by atoms with Crippen molar-refractivity contribution < 1.29 is 9.59 Å². The van der Waals surface area contributed by atoms with Crippen molar-refractivity contribution in [3.8, 4) is 0 Å². The molecule has 1 aliphatic carbocycles. The van der Waals surface area contributed by atoms with Crippen LogP contribution >= 0.6 is 0 Å². The predicted molar refractivity (Wildman–Crippen MR) is 99.5 cm³/mol. The molecule has 0 unspecified atom stereocenters. The van der Waals surface area contributed by atoms with Gasteiger partial charge in [-0.1, -0.05) is 54.5 Å². The van der Waals surface area contributed by atoms with E-state index >= 15 is 0 Å². The molecule has 0 atom stereocenters. The van der Waals surface area contributed by atoms with Gasteiger partial charge in [-0.15, -0.1) is 0 Å². The van der Waals surface area contributed by atoms with Gasteiger partial charge in [0.25, 0.3) is 0 Å². The quantitative estimate of drug-likeness (QED) is 0.615. The van der Waals surface area contributed by atoms with Crippen LogP contribution in [-0.2, 0) is 0 Å². The number of carbonyl (C=O) groups excluding carboxylic acids is 2. The molecule has 1 aromatic carbocycles. The maximum absolute atomic E-state index is 12.7. The third-order valence-corrected chi connectivity index (χ3v) is 4.73. The summed E-state index contributed by atoms with van der Waals surface area (Å²) in [6, 6.07) is 7.10. The summed E-state index contributed by atoms with van der Waals surface area (Å²) >= 11 is 0. The van der Waals surface area contributed by atoms with Crippen LogP contribution in [0.5, 0.6) is 0 Å². The molecule has 0 amide bonds. The number of hydrogen-bond acceptors (Lipinski definition) is 2. The molecule has 2 rings (SSSR count). The van der Waals surface area contributed by atoms with Gasteiger partial charge in [0, 0.05) is 22.3 Å². The second-order valence-electron chi connectivity index (χ2n) is 6.50. The first-order chi connectivity index (χ1) is 11.5. The largest absolute Gasteiger partial charge is 0.289 e. The lowest BCUT2D eigenvalue weighted by Gasteiger charge is -2.18. The number of fused-ring (bicyclic) bond motifs is 1. The minimum absolute atomic E-state index is 0.00604. The van der Waals surface area contributed by atoms with Gasteiger partial charge in [-0.2, -0.15) is 0 Å². The Morgan fingerprint density at radius 3 is 2.21 bits per heavy atom. The summed E-state index contributed by atoms with van der Waals surface area (Å²) in [5, 5.41) is 0. The van der Waals surface area contributed by atoms with Crippen LogP contribution in [0.4, 0.5) is 0 Å². The Labute approximate surface area is 145 Å². The number of benzene rings is 1. The molecule has 1 aromatic rings. The van der Waals surface area contributed by atoms with Crippen LogP contribution in [0.25, 0.3) is 0 Å². The molecular weight excluding hydrogens is 296 g/mol. The molecule has 2 nitrogen and oxygen atoms in total. The van der Waals surface area contributed by atoms with E-state index in [1.54, 1.807) is 25.1 Å². The highest BCUT2D eigenvalue weighted by Gasteiger charge is 2.28. The monoisotopic (exact) mass is 322 g/mol. The number of carbonyl (C=O) groups is 2. The van der Waals surface area contributed by atoms with E-state index in [2.05, 4.69) is 32.9 Å². The number of rotatable bonds is 6. The number of ketones is 2. The summed E-state index contributed by atoms with van der Waals surface area (Å²) in [6.45, 7) is 8.17. The topological polar surface area (TPSA) is 34.1 Å². The van der Waals surface area contributed by atoms with E-state index in [0.717, 1.165) is 19.3 Å². The Morgan fingerprint density at radius 1 is 0.958 bits per heavy atom. The van der Waals surface area contributed by atoms with Crippen molar-refractivity contribution in [3.63, 3.8) is 0 Å². The molecule has 0 aliphatic heterocycles. The minimum Gasteiger partial charge on any atom is -0.289 e. The van der Waals surface area contributed by atoms with Crippen LogP contribution in [0.1, 0.15) is 74.1 Å². The molecule has 0 aromatic heterocycles. The number of hydrogen-bond donors (Lipinski definition) is 0. The summed E-state index contributed by atoms with van der Waals surface area (Å²) in [7, 11) is 0. The number of allylic oxidation sites excluding steroid dienone is 6. The molecule has 0 radical (unpaired) electrons. The molecule has 1 aliphatic rings. The Morgan fingerprint density at radius 2 is 1.58 bits per heavy atom. The summed E-state index contributed by atoms with van der Waals surface area (Å²) < 4.78 is 0. The zero-order chi connectivity index (χ0) is 17.7. The average molecular weight is 322 g/mol. The van der Waals surface area contributed by atoms with Crippen LogP contribution in [0.2, 0.25) is 0 Å². The first kappa shape index (κ1) is 18.1. The van der Waals surface area contributed by atoms with Crippen molar-refractivity contribution >= 4 is 11.6 Å². The Hall–Kier alpha value is -2.22. The van der Waals surface area contributed by atoms with Gasteiger partial charge in [-0.05, 0) is 46.5 Å². The lowest BCUT2D eigenvalue weighted by Crippen LogP contribution is -2.20. The molecule has 0 saturated carbocycles. The van der Waals surface area contributed by atoms with Crippen LogP contribution in [-0.4, -0.2) is 11.6 Å². The second-order valence-corrected chi connectivity index (χ2v) is 6.50. The van der Waals surface area contributed by atoms with Crippen molar-refractivity contribution in [1.29, 1.82) is 0 Å². The third-order valence-electron chi connectivity index (χ3n) is 4.73. The van der Waals surface area contributed by atoms with E-state index in [-0.39, 0.29) is 11.6 Å². The van der Waals surface area contributed by atoms with Gasteiger partial charge in [-0.25, -0.2) is 0 Å². The van der Waals surface area contributed by atoms with Crippen molar-refractivity contribution in [2.24, 2.45) is 0 Å². The zero-order valence-electron chi connectivity index (χ0n) is 15.1. The number of Topliss-reactive ketones (excluding diaryl/α,β-unsaturated/α-hetero) is 2. The van der Waals surface area contributed by atoms with Gasteiger partial charge >= 0.3 is 0 Å². The molecule has 126 valence electrons. The van der Waals surface area contributed by atoms with E-state index < -0.39 is 0 Å². The third kappa shape index (κ3) is 4.00. The van der Waals surface area contributed by atoms with Gasteiger partial charge in [-0.3, -0.25) is 9.59 Å². The van der Waals surface area contributed by atoms with Crippen molar-refractivity contribution in [3.05, 3.63) is 69.8 Å². The van der Waals surface area contributed by atoms with Gasteiger partial charge in [0.15, 0.2) is 11.6 Å². The Kier molecular flexibility index (Phi) is 6.08. The lowest BCUT2D eigenvalue weighted by molar-refractivity contribution is 0.0973. The van der Waals surface area contributed by atoms with E-state index in [9.17, 15) is 9.59 Å². The zero-order valence-corrected chi connectivity index (χ0v) is 15.1. The first-order valence-corrected chi connectivity index (χ1v) is 8.65. The van der Waals surface area contributed by atoms with Crippen LogP contribution in [0.3, 0.4) is 0 Å². The van der Waals surface area contributed by atoms with Crippen LogP contribution in [0, 0.1) is 0 Å². The first-order valence-electron chi connectivity index (χ1n) is 8.65. The normalized spacial score (nSPS) is 15.8. The molecule has 0 fully saturated rings. The van der Waals surface area contributed by atoms with Gasteiger partial charge in [0.1, 0.15) is 0 Å². The van der Waals surface area contributed by atoms with Crippen LogP contribution in [0.15, 0.2) is 58.7 Å².